The fourth-order valence-corrected chi connectivity index (χ4v) is 3.04. The molecule has 1 unspecified atom stereocenters. The first-order chi connectivity index (χ1) is 15.2. The van der Waals surface area contributed by atoms with Crippen molar-refractivity contribution in [1.82, 2.24) is 24.3 Å². The summed E-state index contributed by atoms with van der Waals surface area (Å²) in [6.45, 7) is 1.27. The van der Waals surface area contributed by atoms with E-state index in [4.69, 9.17) is 16.3 Å². The van der Waals surface area contributed by atoms with Gasteiger partial charge in [0.05, 0.1) is 23.7 Å². The monoisotopic (exact) mass is 462 g/mol. The lowest BCUT2D eigenvalue weighted by Crippen LogP contribution is -2.29. The Morgan fingerprint density at radius 1 is 1.16 bits per heavy atom. The number of carbonyl (C=O) groups excluding carboxylic acids is 1. The number of aryl methyl sites for hydroxylation is 1. The van der Waals surface area contributed by atoms with Crippen LogP contribution in [-0.2, 0) is 11.0 Å². The Kier molecular flexibility index (Phi) is 5.66. The summed E-state index contributed by atoms with van der Waals surface area (Å²) in [4.78, 5) is 28.4. The maximum atomic E-state index is 13.0. The summed E-state index contributed by atoms with van der Waals surface area (Å²) >= 11 is 5.95. The number of hydrogen-bond donors (Lipinski definition) is 1. The van der Waals surface area contributed by atoms with Crippen LogP contribution in [-0.4, -0.2) is 35.8 Å². The van der Waals surface area contributed by atoms with Gasteiger partial charge in [-0.2, -0.15) is 13.2 Å². The van der Waals surface area contributed by atoms with E-state index in [1.54, 1.807) is 30.9 Å². The molecule has 4 rings (SSSR count). The molecule has 4 aromatic rings. The van der Waals surface area contributed by atoms with Gasteiger partial charge in [-0.25, -0.2) is 15.0 Å². The van der Waals surface area contributed by atoms with Crippen LogP contribution < -0.4 is 10.1 Å². The third-order valence-electron chi connectivity index (χ3n) is 4.44. The minimum Gasteiger partial charge on any atom is -0.448 e. The van der Waals surface area contributed by atoms with Crippen LogP contribution in [0.25, 0.3) is 16.9 Å². The van der Waals surface area contributed by atoms with Gasteiger partial charge in [-0.1, -0.05) is 11.6 Å². The molecule has 164 valence electrons. The molecule has 0 fully saturated rings. The van der Waals surface area contributed by atoms with Gasteiger partial charge in [0.1, 0.15) is 5.82 Å². The highest BCUT2D eigenvalue weighted by Gasteiger charge is 2.33. The number of alkyl halides is 4. The smallest absolute Gasteiger partial charge is 0.416 e. The number of carbonyl (C=O) groups is 1. The molecule has 32 heavy (non-hydrogen) atoms. The molecule has 0 radical (unpaired) electrons. The Hall–Kier alpha value is -3.73. The fraction of sp³-hybridized carbons (Fsp3) is 0.150. The van der Waals surface area contributed by atoms with Crippen molar-refractivity contribution < 1.29 is 22.7 Å². The standard InChI is InChI=1S/C20H14ClF3N6O2/c1-11-7-26-15(6-13(11)20(22,23)24)29-19(31)18(21)32-17-3-2-12(8-28-17)14-9-27-16-10-25-4-5-30(14)16/h2-10,18H,1H3,(H,26,29,31). The topological polar surface area (TPSA) is 94.3 Å². The number of amides is 1. The van der Waals surface area contributed by atoms with Crippen molar-refractivity contribution in [3.63, 3.8) is 0 Å². The van der Waals surface area contributed by atoms with Gasteiger partial charge in [-0.3, -0.25) is 14.2 Å². The maximum Gasteiger partial charge on any atom is 0.416 e. The number of imidazole rings is 1. The lowest BCUT2D eigenvalue weighted by molar-refractivity contribution is -0.138. The third-order valence-corrected chi connectivity index (χ3v) is 4.73. The quantitative estimate of drug-likeness (QED) is 0.449. The van der Waals surface area contributed by atoms with Gasteiger partial charge >= 0.3 is 6.18 Å². The van der Waals surface area contributed by atoms with Gasteiger partial charge in [-0.05, 0) is 24.6 Å². The van der Waals surface area contributed by atoms with Crippen molar-refractivity contribution in [3.8, 4) is 17.1 Å². The summed E-state index contributed by atoms with van der Waals surface area (Å²) in [6, 6.07) is 3.94. The summed E-state index contributed by atoms with van der Waals surface area (Å²) in [6.07, 6.45) is 4.61. The zero-order valence-electron chi connectivity index (χ0n) is 16.3. The summed E-state index contributed by atoms with van der Waals surface area (Å²) in [5, 5.41) is 2.20. The van der Waals surface area contributed by atoms with E-state index in [1.165, 1.54) is 19.2 Å². The van der Waals surface area contributed by atoms with Crippen LogP contribution in [0.2, 0.25) is 0 Å². The molecule has 0 aliphatic carbocycles. The van der Waals surface area contributed by atoms with Gasteiger partial charge < -0.3 is 10.1 Å². The highest BCUT2D eigenvalue weighted by Crippen LogP contribution is 2.32. The molecule has 8 nitrogen and oxygen atoms in total. The van der Waals surface area contributed by atoms with E-state index in [0.717, 1.165) is 23.5 Å². The van der Waals surface area contributed by atoms with Gasteiger partial charge in [0.15, 0.2) is 5.65 Å². The lowest BCUT2D eigenvalue weighted by atomic mass is 10.1. The molecule has 0 saturated carbocycles. The summed E-state index contributed by atoms with van der Waals surface area (Å²) in [7, 11) is 0. The van der Waals surface area contributed by atoms with Crippen LogP contribution in [0, 0.1) is 6.92 Å². The van der Waals surface area contributed by atoms with Crippen molar-refractivity contribution in [3.05, 3.63) is 66.5 Å². The Balaban J connectivity index is 1.44. The molecule has 0 bridgehead atoms. The fourth-order valence-electron chi connectivity index (χ4n) is 2.90. The van der Waals surface area contributed by atoms with Crippen molar-refractivity contribution in [2.75, 3.05) is 5.32 Å². The number of nitrogens with zero attached hydrogens (tertiary/aromatic N) is 5. The van der Waals surface area contributed by atoms with Gasteiger partial charge in [-0.15, -0.1) is 0 Å². The third kappa shape index (κ3) is 4.47. The van der Waals surface area contributed by atoms with E-state index in [1.807, 2.05) is 4.40 Å². The normalized spacial score (nSPS) is 12.5. The minimum atomic E-state index is -4.58. The van der Waals surface area contributed by atoms with Crippen LogP contribution in [0.15, 0.2) is 55.4 Å². The molecule has 1 amide bonds. The first-order valence-electron chi connectivity index (χ1n) is 9.11. The number of rotatable bonds is 5. The Morgan fingerprint density at radius 3 is 2.69 bits per heavy atom. The second kappa shape index (κ2) is 8.42. The second-order valence-corrected chi connectivity index (χ2v) is 7.03. The lowest BCUT2D eigenvalue weighted by Gasteiger charge is -2.14. The largest absolute Gasteiger partial charge is 0.448 e. The number of fused-ring (bicyclic) bond motifs is 1. The van der Waals surface area contributed by atoms with Crippen molar-refractivity contribution in [2.24, 2.45) is 0 Å². The Morgan fingerprint density at radius 2 is 1.97 bits per heavy atom. The molecular weight excluding hydrogens is 449 g/mol. The molecule has 12 heteroatoms. The van der Waals surface area contributed by atoms with E-state index in [0.29, 0.717) is 5.65 Å². The predicted molar refractivity (Wildman–Crippen MR) is 109 cm³/mol. The first kappa shape index (κ1) is 21.5. The Bertz CT molecular complexity index is 1280. The number of nitrogens with one attached hydrogen (secondary N) is 1. The molecule has 0 aromatic carbocycles. The van der Waals surface area contributed by atoms with Gasteiger partial charge in [0.25, 0.3) is 11.5 Å². The van der Waals surface area contributed by atoms with E-state index >= 15 is 0 Å². The number of anilines is 1. The molecule has 4 heterocycles. The highest BCUT2D eigenvalue weighted by atomic mass is 35.5. The summed E-state index contributed by atoms with van der Waals surface area (Å²) in [5.41, 5.74) is -0.356. The van der Waals surface area contributed by atoms with Gasteiger partial charge in [0.2, 0.25) is 5.88 Å². The molecule has 0 saturated heterocycles. The van der Waals surface area contributed by atoms with E-state index in [9.17, 15) is 18.0 Å². The predicted octanol–water partition coefficient (Wildman–Crippen LogP) is 4.10. The van der Waals surface area contributed by atoms with E-state index < -0.39 is 23.2 Å². The highest BCUT2D eigenvalue weighted by molar-refractivity contribution is 6.31. The average Bonchev–Trinajstić information content (AvgIpc) is 3.19. The summed E-state index contributed by atoms with van der Waals surface area (Å²) < 4.78 is 46.2. The van der Waals surface area contributed by atoms with Crippen LogP contribution >= 0.6 is 11.6 Å². The SMILES string of the molecule is Cc1cnc(NC(=O)C(Cl)Oc2ccc(-c3cnc4cnccn34)cn2)cc1C(F)(F)F. The zero-order valence-corrected chi connectivity index (χ0v) is 17.1. The number of ether oxygens (including phenoxy) is 1. The molecule has 0 aliphatic rings. The molecule has 0 spiro atoms. The number of pyridine rings is 2. The van der Waals surface area contributed by atoms with Crippen LogP contribution in [0.4, 0.5) is 19.0 Å². The molecule has 1 atom stereocenters. The zero-order chi connectivity index (χ0) is 22.9. The molecule has 0 aliphatic heterocycles. The van der Waals surface area contributed by atoms with E-state index in [2.05, 4.69) is 25.3 Å². The Labute approximate surface area is 184 Å². The minimum absolute atomic E-state index is 0.0484. The van der Waals surface area contributed by atoms with E-state index in [-0.39, 0.29) is 17.3 Å². The number of hydrogen-bond acceptors (Lipinski definition) is 6. The van der Waals surface area contributed by atoms with Gasteiger partial charge in [0, 0.05) is 36.4 Å². The van der Waals surface area contributed by atoms with Crippen LogP contribution in [0.5, 0.6) is 5.88 Å². The van der Waals surface area contributed by atoms with Crippen molar-refractivity contribution in [1.29, 1.82) is 0 Å². The van der Waals surface area contributed by atoms with Crippen molar-refractivity contribution >= 4 is 29.0 Å². The van der Waals surface area contributed by atoms with Crippen molar-refractivity contribution in [2.45, 2.75) is 18.7 Å². The maximum absolute atomic E-state index is 13.0. The van der Waals surface area contributed by atoms with Crippen LogP contribution in [0.3, 0.4) is 0 Å². The molecule has 4 aromatic heterocycles. The average molecular weight is 463 g/mol. The summed E-state index contributed by atoms with van der Waals surface area (Å²) in [5.74, 6) is -1.14. The second-order valence-electron chi connectivity index (χ2n) is 6.64. The molecular formula is C20H14ClF3N6O2. The number of halogens is 4. The first-order valence-corrected chi connectivity index (χ1v) is 9.55. The number of aromatic nitrogens is 5. The molecule has 1 N–H and O–H groups in total. The van der Waals surface area contributed by atoms with Crippen LogP contribution in [0.1, 0.15) is 11.1 Å².